The van der Waals surface area contributed by atoms with Crippen LogP contribution in [0.3, 0.4) is 0 Å². The number of amides is 3. The van der Waals surface area contributed by atoms with Crippen LogP contribution in [0.2, 0.25) is 0 Å². The number of nitrogens with zero attached hydrogens (tertiary/aromatic N) is 4. The number of benzene rings is 1. The Hall–Kier alpha value is -2.55. The minimum atomic E-state index is -0.863. The molecular formula is C18H26N6O2S. The summed E-state index contributed by atoms with van der Waals surface area (Å²) in [6.07, 6.45) is 0. The maximum absolute atomic E-state index is 11.9. The molecule has 0 radical (unpaired) electrons. The van der Waals surface area contributed by atoms with Crippen LogP contribution < -0.4 is 16.0 Å². The lowest BCUT2D eigenvalue weighted by atomic mass is 10.2. The molecule has 0 spiro atoms. The molecule has 0 bridgehead atoms. The number of hydrogen-bond acceptors (Lipinski definition) is 6. The third kappa shape index (κ3) is 5.00. The average Bonchev–Trinajstić information content (AvgIpc) is 3.05. The summed E-state index contributed by atoms with van der Waals surface area (Å²) < 4.78 is 1.95. The molecule has 0 aliphatic carbocycles. The molecule has 1 aromatic heterocycles. The summed E-state index contributed by atoms with van der Waals surface area (Å²) in [7, 11) is 0. The molecule has 3 amide bonds. The van der Waals surface area contributed by atoms with Crippen LogP contribution in [0.25, 0.3) is 11.4 Å². The Bertz CT molecular complexity index is 786. The molecule has 8 nitrogen and oxygen atoms in total. The van der Waals surface area contributed by atoms with Crippen molar-refractivity contribution in [1.29, 1.82) is 0 Å². The average molecular weight is 391 g/mol. The number of primary amides is 1. The maximum Gasteiger partial charge on any atom is 0.318 e. The van der Waals surface area contributed by atoms with Crippen molar-refractivity contribution in [3.8, 4) is 11.4 Å². The molecule has 0 aliphatic heterocycles. The topological polar surface area (TPSA) is 106 Å². The van der Waals surface area contributed by atoms with Crippen LogP contribution in [0.5, 0.6) is 0 Å². The second-order valence-electron chi connectivity index (χ2n) is 5.88. The molecule has 2 rings (SSSR count). The second-order valence-corrected chi connectivity index (χ2v) is 7.19. The highest BCUT2D eigenvalue weighted by Gasteiger charge is 2.21. The largest absolute Gasteiger partial charge is 0.372 e. The minimum Gasteiger partial charge on any atom is -0.372 e. The van der Waals surface area contributed by atoms with Crippen LogP contribution >= 0.6 is 11.8 Å². The van der Waals surface area contributed by atoms with Gasteiger partial charge in [-0.2, -0.15) is 0 Å². The number of nitrogens with two attached hydrogens (primary N) is 1. The lowest BCUT2D eigenvalue weighted by Gasteiger charge is -2.21. The lowest BCUT2D eigenvalue weighted by Crippen LogP contribution is -2.39. The van der Waals surface area contributed by atoms with Gasteiger partial charge in [-0.15, -0.1) is 10.2 Å². The smallest absolute Gasteiger partial charge is 0.318 e. The molecule has 27 heavy (non-hydrogen) atoms. The highest BCUT2D eigenvalue weighted by atomic mass is 32.2. The molecule has 0 fully saturated rings. The number of carbonyl (C=O) groups is 2. The Labute approximate surface area is 163 Å². The van der Waals surface area contributed by atoms with E-state index >= 15 is 0 Å². The highest BCUT2D eigenvalue weighted by Crippen LogP contribution is 2.28. The van der Waals surface area contributed by atoms with E-state index in [2.05, 4.69) is 46.4 Å². The molecule has 146 valence electrons. The number of urea groups is 1. The molecule has 0 aliphatic rings. The number of aromatic nitrogens is 3. The predicted molar refractivity (Wildman–Crippen MR) is 108 cm³/mol. The summed E-state index contributed by atoms with van der Waals surface area (Å²) in [5.41, 5.74) is 7.12. The van der Waals surface area contributed by atoms with E-state index in [0.29, 0.717) is 11.7 Å². The first-order chi connectivity index (χ1) is 12.9. The van der Waals surface area contributed by atoms with Crippen molar-refractivity contribution in [3.05, 3.63) is 24.3 Å². The van der Waals surface area contributed by atoms with Gasteiger partial charge in [0.05, 0.1) is 5.25 Å². The number of hydrogen-bond donors (Lipinski definition) is 2. The van der Waals surface area contributed by atoms with Crippen molar-refractivity contribution in [2.45, 2.75) is 44.6 Å². The summed E-state index contributed by atoms with van der Waals surface area (Å²) in [4.78, 5) is 25.0. The van der Waals surface area contributed by atoms with Gasteiger partial charge in [-0.05, 0) is 52.0 Å². The first-order valence-corrected chi connectivity index (χ1v) is 9.84. The van der Waals surface area contributed by atoms with E-state index in [4.69, 9.17) is 5.73 Å². The van der Waals surface area contributed by atoms with Crippen LogP contribution in [-0.2, 0) is 11.3 Å². The third-order valence-corrected chi connectivity index (χ3v) is 5.27. The van der Waals surface area contributed by atoms with Crippen molar-refractivity contribution in [2.75, 3.05) is 18.0 Å². The summed E-state index contributed by atoms with van der Waals surface area (Å²) in [6, 6.07) is 7.35. The van der Waals surface area contributed by atoms with Crippen LogP contribution in [-0.4, -0.2) is 45.0 Å². The van der Waals surface area contributed by atoms with Gasteiger partial charge in [-0.1, -0.05) is 11.8 Å². The number of thioether (sulfide) groups is 1. The fraction of sp³-hybridized carbons (Fsp3) is 0.444. The Balaban J connectivity index is 2.22. The molecular weight excluding hydrogens is 364 g/mol. The zero-order valence-corrected chi connectivity index (χ0v) is 16.9. The Morgan fingerprint density at radius 1 is 1.19 bits per heavy atom. The fourth-order valence-corrected chi connectivity index (χ4v) is 3.63. The zero-order valence-electron chi connectivity index (χ0n) is 16.1. The number of anilines is 1. The summed E-state index contributed by atoms with van der Waals surface area (Å²) >= 11 is 1.24. The van der Waals surface area contributed by atoms with E-state index < -0.39 is 17.2 Å². The van der Waals surface area contributed by atoms with Gasteiger partial charge < -0.3 is 15.2 Å². The lowest BCUT2D eigenvalue weighted by molar-refractivity contribution is -0.119. The van der Waals surface area contributed by atoms with Gasteiger partial charge in [0.1, 0.15) is 0 Å². The van der Waals surface area contributed by atoms with Gasteiger partial charge in [-0.25, -0.2) is 4.79 Å². The van der Waals surface area contributed by atoms with Crippen molar-refractivity contribution < 1.29 is 9.59 Å². The Morgan fingerprint density at radius 2 is 1.81 bits per heavy atom. The molecule has 0 saturated carbocycles. The fourth-order valence-electron chi connectivity index (χ4n) is 2.72. The van der Waals surface area contributed by atoms with E-state index in [-0.39, 0.29) is 0 Å². The quantitative estimate of drug-likeness (QED) is 0.671. The number of carbonyl (C=O) groups excluding carboxylic acids is 2. The van der Waals surface area contributed by atoms with Crippen LogP contribution in [0.15, 0.2) is 29.4 Å². The van der Waals surface area contributed by atoms with Crippen molar-refractivity contribution in [3.63, 3.8) is 0 Å². The summed E-state index contributed by atoms with van der Waals surface area (Å²) in [6.45, 7) is 10.5. The number of nitrogens with one attached hydrogen (secondary N) is 1. The first kappa shape index (κ1) is 20.8. The Kier molecular flexibility index (Phi) is 7.23. The van der Waals surface area contributed by atoms with Crippen LogP contribution in [0, 0.1) is 0 Å². The molecule has 1 atom stereocenters. The number of imide groups is 1. The summed E-state index contributed by atoms with van der Waals surface area (Å²) in [5.74, 6) is 0.289. The molecule has 1 heterocycles. The molecule has 2 aromatic rings. The van der Waals surface area contributed by atoms with Gasteiger partial charge in [0.2, 0.25) is 5.91 Å². The highest BCUT2D eigenvalue weighted by molar-refractivity contribution is 8.00. The Morgan fingerprint density at radius 3 is 2.33 bits per heavy atom. The predicted octanol–water partition coefficient (Wildman–Crippen LogP) is 2.49. The van der Waals surface area contributed by atoms with Gasteiger partial charge in [0.25, 0.3) is 0 Å². The number of rotatable bonds is 8. The van der Waals surface area contributed by atoms with Gasteiger partial charge in [-0.3, -0.25) is 10.1 Å². The SMILES string of the molecule is CCN(CC)c1ccc(-c2nnc(SC(C)C(=O)NC(N)=O)n2CC)cc1. The maximum atomic E-state index is 11.9. The first-order valence-electron chi connectivity index (χ1n) is 8.96. The van der Waals surface area contributed by atoms with E-state index in [1.807, 2.05) is 23.6 Å². The van der Waals surface area contributed by atoms with E-state index in [9.17, 15) is 9.59 Å². The van der Waals surface area contributed by atoms with E-state index in [1.54, 1.807) is 6.92 Å². The van der Waals surface area contributed by atoms with Crippen LogP contribution in [0.4, 0.5) is 10.5 Å². The second kappa shape index (κ2) is 9.40. The van der Waals surface area contributed by atoms with Crippen molar-refractivity contribution in [1.82, 2.24) is 20.1 Å². The van der Waals surface area contributed by atoms with Gasteiger partial charge >= 0.3 is 6.03 Å². The van der Waals surface area contributed by atoms with E-state index in [0.717, 1.165) is 30.2 Å². The van der Waals surface area contributed by atoms with Crippen LogP contribution in [0.1, 0.15) is 27.7 Å². The van der Waals surface area contributed by atoms with Crippen molar-refractivity contribution >= 4 is 29.4 Å². The zero-order chi connectivity index (χ0) is 20.0. The monoisotopic (exact) mass is 390 g/mol. The minimum absolute atomic E-state index is 0.455. The molecule has 1 aromatic carbocycles. The van der Waals surface area contributed by atoms with Gasteiger partial charge in [0, 0.05) is 30.9 Å². The normalized spacial score (nSPS) is 11.9. The third-order valence-electron chi connectivity index (χ3n) is 4.18. The van der Waals surface area contributed by atoms with Gasteiger partial charge in [0.15, 0.2) is 11.0 Å². The van der Waals surface area contributed by atoms with Crippen molar-refractivity contribution in [2.24, 2.45) is 5.73 Å². The molecule has 0 saturated heterocycles. The molecule has 1 unspecified atom stereocenters. The molecule has 3 N–H and O–H groups in total. The molecule has 9 heteroatoms. The summed E-state index contributed by atoms with van der Waals surface area (Å²) in [5, 5.41) is 10.7. The van der Waals surface area contributed by atoms with E-state index in [1.165, 1.54) is 11.8 Å². The standard InChI is InChI=1S/C18H26N6O2S/c1-5-23(6-2)14-10-8-13(9-11-14)15-21-22-18(24(15)7-3)27-12(4)16(25)20-17(19)26/h8-12H,5-7H2,1-4H3,(H3,19,20,25,26).